The quantitative estimate of drug-likeness (QED) is 0.909. The number of phenols is 2. The summed E-state index contributed by atoms with van der Waals surface area (Å²) in [5, 5.41) is 19.4. The van der Waals surface area contributed by atoms with Crippen LogP contribution in [0.15, 0.2) is 42.5 Å². The summed E-state index contributed by atoms with van der Waals surface area (Å²) in [5.41, 5.74) is 1.49. The van der Waals surface area contributed by atoms with Crippen LogP contribution in [0.3, 0.4) is 0 Å². The van der Waals surface area contributed by atoms with Crippen LogP contribution in [0.4, 0.5) is 0 Å². The minimum Gasteiger partial charge on any atom is -0.508 e. The molecular formula is C19H21NO4. The maximum absolute atomic E-state index is 12.6. The number of nitrogens with zero attached hydrogens (tertiary/aromatic N) is 1. The molecule has 1 aliphatic rings. The number of piperidine rings is 1. The number of likely N-dealkylation sites (tertiary alicyclic amines) is 1. The van der Waals surface area contributed by atoms with Gasteiger partial charge in [-0.1, -0.05) is 12.1 Å². The molecule has 2 aromatic rings. The van der Waals surface area contributed by atoms with E-state index in [1.807, 2.05) is 12.1 Å². The molecule has 0 aromatic heterocycles. The summed E-state index contributed by atoms with van der Waals surface area (Å²) in [6.07, 6.45) is 1.74. The monoisotopic (exact) mass is 327 g/mol. The molecule has 5 heteroatoms. The third-order valence-electron chi connectivity index (χ3n) is 4.58. The maximum atomic E-state index is 12.6. The summed E-state index contributed by atoms with van der Waals surface area (Å²) in [6.45, 7) is 1.30. The van der Waals surface area contributed by atoms with E-state index < -0.39 is 0 Å². The number of hydrogen-bond donors (Lipinski definition) is 2. The van der Waals surface area contributed by atoms with Crippen LogP contribution in [0.2, 0.25) is 0 Å². The van der Waals surface area contributed by atoms with Crippen molar-refractivity contribution < 1.29 is 19.7 Å². The Morgan fingerprint density at radius 2 is 1.75 bits per heavy atom. The van der Waals surface area contributed by atoms with Crippen molar-refractivity contribution in [2.75, 3.05) is 20.2 Å². The lowest BCUT2D eigenvalue weighted by Gasteiger charge is -2.32. The Bertz CT molecular complexity index is 719. The van der Waals surface area contributed by atoms with E-state index in [0.29, 0.717) is 30.3 Å². The first-order valence-electron chi connectivity index (χ1n) is 8.03. The minimum absolute atomic E-state index is 0.0555. The fraction of sp³-hybridized carbons (Fsp3) is 0.316. The summed E-state index contributed by atoms with van der Waals surface area (Å²) in [7, 11) is 1.52. The number of amides is 1. The van der Waals surface area contributed by atoms with E-state index in [4.69, 9.17) is 4.74 Å². The van der Waals surface area contributed by atoms with Crippen molar-refractivity contribution in [1.82, 2.24) is 4.90 Å². The molecule has 24 heavy (non-hydrogen) atoms. The molecule has 0 atom stereocenters. The van der Waals surface area contributed by atoms with Crippen molar-refractivity contribution >= 4 is 5.91 Å². The molecule has 1 aliphatic heterocycles. The van der Waals surface area contributed by atoms with Gasteiger partial charge in [0, 0.05) is 19.2 Å². The molecule has 2 N–H and O–H groups in total. The second-order valence-electron chi connectivity index (χ2n) is 6.04. The summed E-state index contributed by atoms with van der Waals surface area (Å²) in [4.78, 5) is 14.4. The van der Waals surface area contributed by atoms with Gasteiger partial charge in [0.1, 0.15) is 17.2 Å². The normalized spacial score (nSPS) is 15.3. The summed E-state index contributed by atoms with van der Waals surface area (Å²) in [6, 6.07) is 12.0. The van der Waals surface area contributed by atoms with Crippen molar-refractivity contribution in [3.8, 4) is 17.2 Å². The van der Waals surface area contributed by atoms with Gasteiger partial charge in [0.2, 0.25) is 0 Å². The number of phenolic OH excluding ortho intramolecular Hbond substituents is 2. The predicted octanol–water partition coefficient (Wildman–Crippen LogP) is 3.13. The summed E-state index contributed by atoms with van der Waals surface area (Å²) in [5.74, 6) is 0.967. The molecule has 5 nitrogen and oxygen atoms in total. The van der Waals surface area contributed by atoms with Gasteiger partial charge in [-0.2, -0.15) is 0 Å². The first-order valence-corrected chi connectivity index (χ1v) is 8.03. The number of ether oxygens (including phenoxy) is 1. The first-order chi connectivity index (χ1) is 11.6. The lowest BCUT2D eigenvalue weighted by molar-refractivity contribution is 0.0710. The van der Waals surface area contributed by atoms with Crippen molar-refractivity contribution in [2.45, 2.75) is 18.8 Å². The van der Waals surface area contributed by atoms with Gasteiger partial charge < -0.3 is 19.8 Å². The van der Waals surface area contributed by atoms with E-state index in [9.17, 15) is 15.0 Å². The van der Waals surface area contributed by atoms with E-state index in [1.54, 1.807) is 29.2 Å². The number of aromatic hydroxyl groups is 2. The van der Waals surface area contributed by atoms with Gasteiger partial charge in [-0.05, 0) is 48.6 Å². The molecule has 1 amide bonds. The van der Waals surface area contributed by atoms with Gasteiger partial charge in [-0.25, -0.2) is 0 Å². The number of methoxy groups -OCH3 is 1. The van der Waals surface area contributed by atoms with E-state index >= 15 is 0 Å². The highest BCUT2D eigenvalue weighted by molar-refractivity contribution is 5.97. The van der Waals surface area contributed by atoms with Crippen LogP contribution in [0.1, 0.15) is 34.7 Å². The molecule has 0 unspecified atom stereocenters. The van der Waals surface area contributed by atoms with Crippen LogP contribution >= 0.6 is 0 Å². The van der Waals surface area contributed by atoms with Crippen molar-refractivity contribution in [2.24, 2.45) is 0 Å². The molecule has 1 fully saturated rings. The number of rotatable bonds is 3. The maximum Gasteiger partial charge on any atom is 0.257 e. The standard InChI is InChI=1S/C19H21NO4/c1-24-16-6-7-17(18(22)12-16)19(23)20-10-8-14(9-11-20)13-2-4-15(21)5-3-13/h2-7,12,14,21-22H,8-11H2,1H3. The largest absolute Gasteiger partial charge is 0.508 e. The number of carbonyl (C=O) groups excluding carboxylic acids is 1. The van der Waals surface area contributed by atoms with Crippen molar-refractivity contribution in [3.63, 3.8) is 0 Å². The third kappa shape index (κ3) is 3.30. The van der Waals surface area contributed by atoms with Gasteiger partial charge in [-0.15, -0.1) is 0 Å². The Balaban J connectivity index is 1.66. The average molecular weight is 327 g/mol. The number of carbonyl (C=O) groups is 1. The zero-order chi connectivity index (χ0) is 17.1. The Labute approximate surface area is 141 Å². The van der Waals surface area contributed by atoms with E-state index in [2.05, 4.69) is 0 Å². The van der Waals surface area contributed by atoms with Gasteiger partial charge >= 0.3 is 0 Å². The Kier molecular flexibility index (Phi) is 4.60. The molecule has 1 heterocycles. The first kappa shape index (κ1) is 16.2. The molecule has 1 saturated heterocycles. The molecule has 0 aliphatic carbocycles. The van der Waals surface area contributed by atoms with Crippen LogP contribution in [-0.4, -0.2) is 41.2 Å². The lowest BCUT2D eigenvalue weighted by Crippen LogP contribution is -2.37. The highest BCUT2D eigenvalue weighted by atomic mass is 16.5. The van der Waals surface area contributed by atoms with Crippen LogP contribution in [0, 0.1) is 0 Å². The molecular weight excluding hydrogens is 306 g/mol. The predicted molar refractivity (Wildman–Crippen MR) is 90.6 cm³/mol. The van der Waals surface area contributed by atoms with Crippen LogP contribution in [0.25, 0.3) is 0 Å². The second-order valence-corrected chi connectivity index (χ2v) is 6.04. The van der Waals surface area contributed by atoms with Crippen molar-refractivity contribution in [3.05, 3.63) is 53.6 Å². The van der Waals surface area contributed by atoms with E-state index in [1.165, 1.54) is 18.7 Å². The fourth-order valence-corrected chi connectivity index (χ4v) is 3.15. The topological polar surface area (TPSA) is 70.0 Å². The van der Waals surface area contributed by atoms with Crippen LogP contribution in [-0.2, 0) is 0 Å². The van der Waals surface area contributed by atoms with Crippen LogP contribution < -0.4 is 4.74 Å². The molecule has 0 spiro atoms. The third-order valence-corrected chi connectivity index (χ3v) is 4.58. The number of hydrogen-bond acceptors (Lipinski definition) is 4. The molecule has 0 radical (unpaired) electrons. The smallest absolute Gasteiger partial charge is 0.257 e. The minimum atomic E-state index is -0.153. The Morgan fingerprint density at radius 1 is 1.08 bits per heavy atom. The summed E-state index contributed by atoms with van der Waals surface area (Å²) >= 11 is 0. The average Bonchev–Trinajstić information content (AvgIpc) is 2.62. The second kappa shape index (κ2) is 6.83. The Hall–Kier alpha value is -2.69. The van der Waals surface area contributed by atoms with Gasteiger partial charge in [0.15, 0.2) is 0 Å². The highest BCUT2D eigenvalue weighted by Crippen LogP contribution is 2.31. The number of benzene rings is 2. The lowest BCUT2D eigenvalue weighted by atomic mass is 9.89. The van der Waals surface area contributed by atoms with Gasteiger partial charge in [-0.3, -0.25) is 4.79 Å². The molecule has 126 valence electrons. The molecule has 2 aromatic carbocycles. The van der Waals surface area contributed by atoms with E-state index in [-0.39, 0.29) is 17.4 Å². The van der Waals surface area contributed by atoms with E-state index in [0.717, 1.165) is 12.8 Å². The zero-order valence-electron chi connectivity index (χ0n) is 13.6. The fourth-order valence-electron chi connectivity index (χ4n) is 3.15. The summed E-state index contributed by atoms with van der Waals surface area (Å²) < 4.78 is 5.04. The van der Waals surface area contributed by atoms with Crippen LogP contribution in [0.5, 0.6) is 17.2 Å². The van der Waals surface area contributed by atoms with Crippen molar-refractivity contribution in [1.29, 1.82) is 0 Å². The Morgan fingerprint density at radius 3 is 2.33 bits per heavy atom. The molecule has 3 rings (SSSR count). The van der Waals surface area contributed by atoms with Gasteiger partial charge in [0.05, 0.1) is 12.7 Å². The zero-order valence-corrected chi connectivity index (χ0v) is 13.6. The molecule has 0 saturated carbocycles. The molecule has 0 bridgehead atoms. The highest BCUT2D eigenvalue weighted by Gasteiger charge is 2.26. The SMILES string of the molecule is COc1ccc(C(=O)N2CCC(c3ccc(O)cc3)CC2)c(O)c1. The van der Waals surface area contributed by atoms with Gasteiger partial charge in [0.25, 0.3) is 5.91 Å².